The fourth-order valence-corrected chi connectivity index (χ4v) is 2.43. The van der Waals surface area contributed by atoms with Gasteiger partial charge in [-0.15, -0.1) is 0 Å². The Kier molecular flexibility index (Phi) is 5.87. The van der Waals surface area contributed by atoms with Crippen LogP contribution in [0.3, 0.4) is 0 Å². The van der Waals surface area contributed by atoms with Crippen molar-refractivity contribution < 1.29 is 9.53 Å². The van der Waals surface area contributed by atoms with E-state index in [1.54, 1.807) is 17.0 Å². The Labute approximate surface area is 126 Å². The largest absolute Gasteiger partial charge is 0.493 e. The fourth-order valence-electron chi connectivity index (χ4n) is 2.43. The molecular weight excluding hydrogens is 266 g/mol. The van der Waals surface area contributed by atoms with E-state index in [0.29, 0.717) is 18.7 Å². The highest BCUT2D eigenvalue weighted by Crippen LogP contribution is 2.13. The van der Waals surface area contributed by atoms with Gasteiger partial charge in [0.15, 0.2) is 0 Å². The van der Waals surface area contributed by atoms with Gasteiger partial charge >= 0.3 is 0 Å². The Morgan fingerprint density at radius 3 is 2.62 bits per heavy atom. The van der Waals surface area contributed by atoms with Crippen LogP contribution in [0.2, 0.25) is 0 Å². The number of benzene rings is 1. The molecule has 1 amide bonds. The molecule has 5 heteroatoms. The predicted octanol–water partition coefficient (Wildman–Crippen LogP) is 1.59. The lowest BCUT2D eigenvalue weighted by Gasteiger charge is -2.21. The zero-order chi connectivity index (χ0) is 15.1. The zero-order valence-electron chi connectivity index (χ0n) is 12.8. The summed E-state index contributed by atoms with van der Waals surface area (Å²) in [7, 11) is 1.86. The Morgan fingerprint density at radius 2 is 1.95 bits per heavy atom. The van der Waals surface area contributed by atoms with Gasteiger partial charge in [0.05, 0.1) is 13.0 Å². The molecule has 0 radical (unpaired) electrons. The fraction of sp³-hybridized carbons (Fsp3) is 0.562. The van der Waals surface area contributed by atoms with Crippen LogP contribution in [0.4, 0.5) is 5.69 Å². The van der Waals surface area contributed by atoms with Crippen molar-refractivity contribution in [2.45, 2.75) is 19.3 Å². The molecule has 5 nitrogen and oxygen atoms in total. The molecule has 1 aliphatic heterocycles. The molecule has 2 N–H and O–H groups in total. The first kappa shape index (κ1) is 15.6. The number of carbonyl (C=O) groups excluding carboxylic acids is 1. The number of anilines is 1. The SMILES string of the molecule is CN(CCN1CCCC1)C(=O)CCOc1ccc(N)cc1. The van der Waals surface area contributed by atoms with E-state index < -0.39 is 0 Å². The van der Waals surface area contributed by atoms with E-state index in [1.807, 2.05) is 19.2 Å². The number of rotatable bonds is 7. The first-order chi connectivity index (χ1) is 10.1. The molecule has 0 bridgehead atoms. The number of nitrogens with two attached hydrogens (primary N) is 1. The van der Waals surface area contributed by atoms with Crippen molar-refractivity contribution in [1.29, 1.82) is 0 Å². The van der Waals surface area contributed by atoms with Crippen LogP contribution in [0.25, 0.3) is 0 Å². The second kappa shape index (κ2) is 7.88. The lowest BCUT2D eigenvalue weighted by Crippen LogP contribution is -2.35. The van der Waals surface area contributed by atoms with E-state index in [1.165, 1.54) is 25.9 Å². The highest BCUT2D eigenvalue weighted by Gasteiger charge is 2.14. The van der Waals surface area contributed by atoms with Gasteiger partial charge in [0.25, 0.3) is 0 Å². The van der Waals surface area contributed by atoms with Crippen LogP contribution in [-0.4, -0.2) is 55.5 Å². The van der Waals surface area contributed by atoms with Gasteiger partial charge < -0.3 is 20.3 Å². The summed E-state index contributed by atoms with van der Waals surface area (Å²) in [6.07, 6.45) is 2.97. The molecule has 1 aromatic rings. The molecule has 116 valence electrons. The standard InChI is InChI=1S/C16H25N3O2/c1-18(11-12-19-9-2-3-10-19)16(20)8-13-21-15-6-4-14(17)5-7-15/h4-7H,2-3,8-13,17H2,1H3. The number of likely N-dealkylation sites (tertiary alicyclic amines) is 1. The summed E-state index contributed by atoms with van der Waals surface area (Å²) in [4.78, 5) is 16.2. The van der Waals surface area contributed by atoms with Gasteiger partial charge in [0.2, 0.25) is 5.91 Å². The maximum absolute atomic E-state index is 12.0. The Hall–Kier alpha value is -1.75. The number of likely N-dealkylation sites (N-methyl/N-ethyl adjacent to an activating group) is 1. The van der Waals surface area contributed by atoms with Crippen molar-refractivity contribution in [3.05, 3.63) is 24.3 Å². The number of amides is 1. The number of nitrogens with zero attached hydrogens (tertiary/aromatic N) is 2. The quantitative estimate of drug-likeness (QED) is 0.775. The average Bonchev–Trinajstić information content (AvgIpc) is 3.00. The topological polar surface area (TPSA) is 58.8 Å². The second-order valence-corrected chi connectivity index (χ2v) is 5.53. The van der Waals surface area contributed by atoms with E-state index in [2.05, 4.69) is 4.90 Å². The summed E-state index contributed by atoms with van der Waals surface area (Å²) in [6.45, 7) is 4.50. The Morgan fingerprint density at radius 1 is 1.29 bits per heavy atom. The predicted molar refractivity (Wildman–Crippen MR) is 84.3 cm³/mol. The number of nitrogen functional groups attached to an aromatic ring is 1. The van der Waals surface area contributed by atoms with Crippen LogP contribution in [0.1, 0.15) is 19.3 Å². The summed E-state index contributed by atoms with van der Waals surface area (Å²) in [6, 6.07) is 7.21. The van der Waals surface area contributed by atoms with Crippen molar-refractivity contribution >= 4 is 11.6 Å². The van der Waals surface area contributed by atoms with Crippen LogP contribution in [0.5, 0.6) is 5.75 Å². The highest BCUT2D eigenvalue weighted by atomic mass is 16.5. The van der Waals surface area contributed by atoms with Crippen molar-refractivity contribution in [2.24, 2.45) is 0 Å². The minimum absolute atomic E-state index is 0.129. The van der Waals surface area contributed by atoms with Gasteiger partial charge in [-0.25, -0.2) is 0 Å². The molecule has 0 aliphatic carbocycles. The summed E-state index contributed by atoms with van der Waals surface area (Å²) in [5, 5.41) is 0. The Bertz CT molecular complexity index is 441. The maximum atomic E-state index is 12.0. The zero-order valence-corrected chi connectivity index (χ0v) is 12.8. The lowest BCUT2D eigenvalue weighted by atomic mass is 10.3. The van der Waals surface area contributed by atoms with E-state index >= 15 is 0 Å². The minimum atomic E-state index is 0.129. The van der Waals surface area contributed by atoms with Crippen LogP contribution in [0, 0.1) is 0 Å². The van der Waals surface area contributed by atoms with Gasteiger partial charge in [0.1, 0.15) is 5.75 Å². The number of ether oxygens (including phenoxy) is 1. The van der Waals surface area contributed by atoms with Crippen molar-refractivity contribution in [2.75, 3.05) is 45.6 Å². The smallest absolute Gasteiger partial charge is 0.225 e. The van der Waals surface area contributed by atoms with Crippen molar-refractivity contribution in [3.8, 4) is 5.75 Å². The van der Waals surface area contributed by atoms with Crippen LogP contribution in [-0.2, 0) is 4.79 Å². The van der Waals surface area contributed by atoms with Crippen molar-refractivity contribution in [1.82, 2.24) is 9.80 Å². The molecule has 1 aliphatic rings. The molecule has 0 spiro atoms. The minimum Gasteiger partial charge on any atom is -0.493 e. The number of carbonyl (C=O) groups is 1. The van der Waals surface area contributed by atoms with Crippen LogP contribution in [0.15, 0.2) is 24.3 Å². The van der Waals surface area contributed by atoms with E-state index in [4.69, 9.17) is 10.5 Å². The first-order valence-electron chi connectivity index (χ1n) is 7.60. The van der Waals surface area contributed by atoms with Gasteiger partial charge in [-0.1, -0.05) is 0 Å². The third-order valence-electron chi connectivity index (χ3n) is 3.84. The lowest BCUT2D eigenvalue weighted by molar-refractivity contribution is -0.130. The van der Waals surface area contributed by atoms with Crippen molar-refractivity contribution in [3.63, 3.8) is 0 Å². The maximum Gasteiger partial charge on any atom is 0.225 e. The van der Waals surface area contributed by atoms with E-state index in [-0.39, 0.29) is 5.91 Å². The highest BCUT2D eigenvalue weighted by molar-refractivity contribution is 5.75. The van der Waals surface area contributed by atoms with Gasteiger partial charge in [-0.05, 0) is 50.2 Å². The molecule has 21 heavy (non-hydrogen) atoms. The molecule has 0 saturated carbocycles. The molecular formula is C16H25N3O2. The van der Waals surface area contributed by atoms with Crippen LogP contribution < -0.4 is 10.5 Å². The summed E-state index contributed by atoms with van der Waals surface area (Å²) in [5.74, 6) is 0.876. The van der Waals surface area contributed by atoms with Gasteiger partial charge in [0, 0.05) is 25.8 Å². The Balaban J connectivity index is 1.62. The molecule has 2 rings (SSSR count). The average molecular weight is 291 g/mol. The van der Waals surface area contributed by atoms with E-state index in [9.17, 15) is 4.79 Å². The molecule has 1 saturated heterocycles. The molecule has 0 unspecified atom stereocenters. The van der Waals surface area contributed by atoms with Gasteiger partial charge in [-0.3, -0.25) is 4.79 Å². The first-order valence-corrected chi connectivity index (χ1v) is 7.60. The molecule has 0 aromatic heterocycles. The number of hydrogen-bond acceptors (Lipinski definition) is 4. The van der Waals surface area contributed by atoms with Gasteiger partial charge in [-0.2, -0.15) is 0 Å². The molecule has 1 heterocycles. The third-order valence-corrected chi connectivity index (χ3v) is 3.84. The van der Waals surface area contributed by atoms with Crippen LogP contribution >= 0.6 is 0 Å². The summed E-state index contributed by atoms with van der Waals surface area (Å²) >= 11 is 0. The number of hydrogen-bond donors (Lipinski definition) is 1. The molecule has 0 atom stereocenters. The summed E-state index contributed by atoms with van der Waals surface area (Å²) < 4.78 is 5.55. The second-order valence-electron chi connectivity index (χ2n) is 5.53. The molecule has 1 aromatic carbocycles. The monoisotopic (exact) mass is 291 g/mol. The summed E-state index contributed by atoms with van der Waals surface area (Å²) in [5.41, 5.74) is 6.32. The molecule has 1 fully saturated rings. The van der Waals surface area contributed by atoms with E-state index in [0.717, 1.165) is 18.8 Å². The third kappa shape index (κ3) is 5.27. The normalized spacial score (nSPS) is 15.1.